The number of rotatable bonds is 3. The highest BCUT2D eigenvalue weighted by Crippen LogP contribution is 2.37. The van der Waals surface area contributed by atoms with Gasteiger partial charge in [0.15, 0.2) is 6.10 Å². The maximum absolute atomic E-state index is 12.5. The molecule has 0 saturated heterocycles. The standard InChI is InChI=1S/C15H22N2O2/c1-9(2)8-17-12-6-5-11(16)7-13(12)19-14(10(3)4)15(17)18/h5-7,9-10,14H,8,16H2,1-4H3. The third-order valence-electron chi connectivity index (χ3n) is 3.19. The van der Waals surface area contributed by atoms with E-state index in [4.69, 9.17) is 10.5 Å². The van der Waals surface area contributed by atoms with Gasteiger partial charge in [-0.1, -0.05) is 27.7 Å². The summed E-state index contributed by atoms with van der Waals surface area (Å²) in [6.07, 6.45) is -0.423. The maximum Gasteiger partial charge on any atom is 0.268 e. The molecule has 1 aliphatic heterocycles. The normalized spacial score (nSPS) is 18.7. The fraction of sp³-hybridized carbons (Fsp3) is 0.533. The van der Waals surface area contributed by atoms with Crippen molar-refractivity contribution < 1.29 is 9.53 Å². The number of benzene rings is 1. The number of hydrogen-bond acceptors (Lipinski definition) is 3. The summed E-state index contributed by atoms with van der Waals surface area (Å²) in [7, 11) is 0. The lowest BCUT2D eigenvalue weighted by molar-refractivity contribution is -0.128. The van der Waals surface area contributed by atoms with Crippen molar-refractivity contribution in [3.05, 3.63) is 18.2 Å². The number of nitrogen functional groups attached to an aromatic ring is 1. The van der Waals surface area contributed by atoms with Crippen LogP contribution in [-0.2, 0) is 4.79 Å². The highest BCUT2D eigenvalue weighted by Gasteiger charge is 2.36. The second kappa shape index (κ2) is 5.11. The number of nitrogens with zero attached hydrogens (tertiary/aromatic N) is 1. The van der Waals surface area contributed by atoms with Crippen molar-refractivity contribution in [2.24, 2.45) is 11.8 Å². The monoisotopic (exact) mass is 262 g/mol. The van der Waals surface area contributed by atoms with Gasteiger partial charge in [0.25, 0.3) is 5.91 Å². The van der Waals surface area contributed by atoms with Crippen molar-refractivity contribution in [2.45, 2.75) is 33.8 Å². The van der Waals surface area contributed by atoms with Gasteiger partial charge < -0.3 is 15.4 Å². The predicted octanol–water partition coefficient (Wildman–Crippen LogP) is 2.67. The summed E-state index contributed by atoms with van der Waals surface area (Å²) in [5, 5.41) is 0. The van der Waals surface area contributed by atoms with Crippen LogP contribution >= 0.6 is 0 Å². The van der Waals surface area contributed by atoms with E-state index in [9.17, 15) is 4.79 Å². The number of nitrogens with two attached hydrogens (primary N) is 1. The number of amides is 1. The number of carbonyl (C=O) groups excluding carboxylic acids is 1. The van der Waals surface area contributed by atoms with Gasteiger partial charge >= 0.3 is 0 Å². The zero-order valence-corrected chi connectivity index (χ0v) is 12.0. The first-order valence-corrected chi connectivity index (χ1v) is 6.77. The van der Waals surface area contributed by atoms with Crippen LogP contribution in [0.1, 0.15) is 27.7 Å². The highest BCUT2D eigenvalue weighted by atomic mass is 16.5. The minimum atomic E-state index is -0.423. The summed E-state index contributed by atoms with van der Waals surface area (Å²) >= 11 is 0. The molecule has 104 valence electrons. The molecular weight excluding hydrogens is 240 g/mol. The molecule has 0 fully saturated rings. The van der Waals surface area contributed by atoms with Crippen molar-refractivity contribution in [1.29, 1.82) is 0 Å². The van der Waals surface area contributed by atoms with Crippen LogP contribution in [-0.4, -0.2) is 18.6 Å². The number of ether oxygens (including phenoxy) is 1. The second-order valence-electron chi connectivity index (χ2n) is 5.85. The van der Waals surface area contributed by atoms with Crippen LogP contribution in [0.25, 0.3) is 0 Å². The minimum Gasteiger partial charge on any atom is -0.478 e. The van der Waals surface area contributed by atoms with Gasteiger partial charge in [0.1, 0.15) is 5.75 Å². The molecule has 19 heavy (non-hydrogen) atoms. The molecule has 1 atom stereocenters. The van der Waals surface area contributed by atoms with Gasteiger partial charge in [-0.3, -0.25) is 4.79 Å². The van der Waals surface area contributed by atoms with Gasteiger partial charge in [0.05, 0.1) is 5.69 Å². The molecule has 0 saturated carbocycles. The van der Waals surface area contributed by atoms with Crippen molar-refractivity contribution in [3.8, 4) is 5.75 Å². The average Bonchev–Trinajstić information content (AvgIpc) is 2.31. The molecule has 0 aliphatic carbocycles. The molecule has 0 spiro atoms. The van der Waals surface area contributed by atoms with Gasteiger partial charge in [-0.05, 0) is 24.0 Å². The molecule has 1 aromatic carbocycles. The summed E-state index contributed by atoms with van der Waals surface area (Å²) in [5.41, 5.74) is 7.28. The molecule has 1 amide bonds. The van der Waals surface area contributed by atoms with E-state index >= 15 is 0 Å². The van der Waals surface area contributed by atoms with Crippen LogP contribution in [0.4, 0.5) is 11.4 Å². The van der Waals surface area contributed by atoms with E-state index in [0.717, 1.165) is 5.69 Å². The summed E-state index contributed by atoms with van der Waals surface area (Å²) < 4.78 is 5.83. The Morgan fingerprint density at radius 1 is 1.32 bits per heavy atom. The summed E-state index contributed by atoms with van der Waals surface area (Å²) in [6.45, 7) is 8.89. The lowest BCUT2D eigenvalue weighted by atomic mass is 10.0. The Labute approximate surface area is 114 Å². The lowest BCUT2D eigenvalue weighted by Gasteiger charge is -2.36. The van der Waals surface area contributed by atoms with Crippen LogP contribution < -0.4 is 15.4 Å². The fourth-order valence-electron chi connectivity index (χ4n) is 2.28. The number of fused-ring (bicyclic) bond motifs is 1. The smallest absolute Gasteiger partial charge is 0.268 e. The molecule has 2 N–H and O–H groups in total. The average molecular weight is 262 g/mol. The molecule has 4 nitrogen and oxygen atoms in total. The Morgan fingerprint density at radius 2 is 2.00 bits per heavy atom. The quantitative estimate of drug-likeness (QED) is 0.852. The second-order valence-corrected chi connectivity index (χ2v) is 5.85. The molecule has 1 heterocycles. The van der Waals surface area contributed by atoms with E-state index in [1.165, 1.54) is 0 Å². The Kier molecular flexibility index (Phi) is 3.69. The van der Waals surface area contributed by atoms with Crippen LogP contribution in [0.3, 0.4) is 0 Å². The van der Waals surface area contributed by atoms with Crippen molar-refractivity contribution >= 4 is 17.3 Å². The Hall–Kier alpha value is -1.71. The molecule has 2 rings (SSSR count). The third kappa shape index (κ3) is 2.67. The van der Waals surface area contributed by atoms with E-state index < -0.39 is 6.10 Å². The zero-order valence-electron chi connectivity index (χ0n) is 12.0. The molecule has 1 aromatic rings. The van der Waals surface area contributed by atoms with Gasteiger partial charge in [-0.15, -0.1) is 0 Å². The molecule has 1 aliphatic rings. The lowest BCUT2D eigenvalue weighted by Crippen LogP contribution is -2.49. The molecule has 1 unspecified atom stereocenters. The van der Waals surface area contributed by atoms with Crippen LogP contribution in [0.15, 0.2) is 18.2 Å². The number of anilines is 2. The van der Waals surface area contributed by atoms with E-state index in [0.29, 0.717) is 23.9 Å². The molecule has 0 radical (unpaired) electrons. The molecule has 0 aromatic heterocycles. The van der Waals surface area contributed by atoms with Crippen molar-refractivity contribution in [3.63, 3.8) is 0 Å². The first kappa shape index (κ1) is 13.7. The predicted molar refractivity (Wildman–Crippen MR) is 77.3 cm³/mol. The summed E-state index contributed by atoms with van der Waals surface area (Å²) in [4.78, 5) is 14.3. The first-order valence-electron chi connectivity index (χ1n) is 6.77. The Morgan fingerprint density at radius 3 is 2.58 bits per heavy atom. The van der Waals surface area contributed by atoms with Crippen molar-refractivity contribution in [2.75, 3.05) is 17.2 Å². The largest absolute Gasteiger partial charge is 0.478 e. The van der Waals surface area contributed by atoms with E-state index in [-0.39, 0.29) is 11.8 Å². The Balaban J connectivity index is 2.43. The SMILES string of the molecule is CC(C)CN1C(=O)C(C(C)C)Oc2cc(N)ccc21. The topological polar surface area (TPSA) is 55.6 Å². The van der Waals surface area contributed by atoms with Crippen molar-refractivity contribution in [1.82, 2.24) is 0 Å². The van der Waals surface area contributed by atoms with Gasteiger partial charge in [0, 0.05) is 18.3 Å². The maximum atomic E-state index is 12.5. The van der Waals surface area contributed by atoms with Gasteiger partial charge in [0.2, 0.25) is 0 Å². The summed E-state index contributed by atoms with van der Waals surface area (Å²) in [5.74, 6) is 1.29. The van der Waals surface area contributed by atoms with Crippen LogP contribution in [0, 0.1) is 11.8 Å². The Bertz CT molecular complexity index is 483. The number of carbonyl (C=O) groups is 1. The molecule has 0 bridgehead atoms. The third-order valence-corrected chi connectivity index (χ3v) is 3.19. The highest BCUT2D eigenvalue weighted by molar-refractivity contribution is 6.00. The first-order chi connectivity index (χ1) is 8.90. The minimum absolute atomic E-state index is 0.0426. The van der Waals surface area contributed by atoms with Gasteiger partial charge in [-0.2, -0.15) is 0 Å². The van der Waals surface area contributed by atoms with E-state index in [1.807, 2.05) is 24.8 Å². The summed E-state index contributed by atoms with van der Waals surface area (Å²) in [6, 6.07) is 5.46. The van der Waals surface area contributed by atoms with Crippen LogP contribution in [0.2, 0.25) is 0 Å². The number of hydrogen-bond donors (Lipinski definition) is 1. The van der Waals surface area contributed by atoms with Crippen LogP contribution in [0.5, 0.6) is 5.75 Å². The molecule has 4 heteroatoms. The fourth-order valence-corrected chi connectivity index (χ4v) is 2.28. The van der Waals surface area contributed by atoms with Gasteiger partial charge in [-0.25, -0.2) is 0 Å². The molecular formula is C15H22N2O2. The van der Waals surface area contributed by atoms with E-state index in [2.05, 4.69) is 13.8 Å². The zero-order chi connectivity index (χ0) is 14.2. The van der Waals surface area contributed by atoms with E-state index in [1.54, 1.807) is 12.1 Å².